The second-order valence-electron chi connectivity index (χ2n) is 13.2. The molecule has 276 valence electrons. The fourth-order valence-electron chi connectivity index (χ4n) is 5.85. The summed E-state index contributed by atoms with van der Waals surface area (Å²) in [7, 11) is 0. The number of benzene rings is 3. The van der Waals surface area contributed by atoms with Crippen LogP contribution < -0.4 is 19.5 Å². The summed E-state index contributed by atoms with van der Waals surface area (Å²) in [6.45, 7) is 6.54. The highest BCUT2D eigenvalue weighted by Gasteiger charge is 2.24. The Morgan fingerprint density at radius 1 is 0.962 bits per heavy atom. The molecule has 1 fully saturated rings. The number of rotatable bonds is 17. The van der Waals surface area contributed by atoms with Gasteiger partial charge in [0, 0.05) is 71.9 Å². The molecule has 1 aliphatic heterocycles. The number of aliphatic hydroxyl groups excluding tert-OH is 3. The van der Waals surface area contributed by atoms with Gasteiger partial charge < -0.3 is 39.7 Å². The van der Waals surface area contributed by atoms with Crippen LogP contribution in [0.25, 0.3) is 11.1 Å². The Hall–Kier alpha value is -3.63. The van der Waals surface area contributed by atoms with Crippen LogP contribution in [-0.4, -0.2) is 76.3 Å². The molecule has 3 aromatic carbocycles. The first-order valence-corrected chi connectivity index (χ1v) is 18.2. The van der Waals surface area contributed by atoms with Crippen LogP contribution in [0.5, 0.6) is 17.2 Å². The number of nitrogens with one attached hydrogen (secondary N) is 1. The Morgan fingerprint density at radius 2 is 1.75 bits per heavy atom. The van der Waals surface area contributed by atoms with Gasteiger partial charge >= 0.3 is 0 Å². The Labute approximate surface area is 319 Å². The molecule has 1 aromatic heterocycles. The first-order chi connectivity index (χ1) is 25.0. The molecule has 5 rings (SSSR count). The molecule has 0 unspecified atom stereocenters. The molecule has 1 aliphatic rings. The zero-order valence-electron chi connectivity index (χ0n) is 29.2. The molecule has 4 aromatic rings. The monoisotopic (exact) mass is 768 g/mol. The topological polar surface area (TPSA) is 140 Å². The van der Waals surface area contributed by atoms with Gasteiger partial charge in [0.25, 0.3) is 0 Å². The highest BCUT2D eigenvalue weighted by molar-refractivity contribution is 6.39. The van der Waals surface area contributed by atoms with Gasteiger partial charge in [0.05, 0.1) is 47.1 Å². The number of nitriles is 1. The van der Waals surface area contributed by atoms with E-state index in [-0.39, 0.29) is 39.1 Å². The number of β-amino-alcohol motifs (C(OH)–C–C–N with tert-alkyl or cyclic N) is 1. The molecular formula is C39H43Cl3N4O6. The zero-order chi connectivity index (χ0) is 37.3. The van der Waals surface area contributed by atoms with Gasteiger partial charge in [-0.15, -0.1) is 0 Å². The van der Waals surface area contributed by atoms with Gasteiger partial charge in [0.1, 0.15) is 36.5 Å². The summed E-state index contributed by atoms with van der Waals surface area (Å²) < 4.78 is 18.6. The molecule has 0 amide bonds. The molecule has 1 atom stereocenters. The number of aromatic nitrogens is 1. The summed E-state index contributed by atoms with van der Waals surface area (Å²) in [5.41, 5.74) is 3.93. The molecule has 2 heterocycles. The van der Waals surface area contributed by atoms with E-state index in [1.54, 1.807) is 37.4 Å². The van der Waals surface area contributed by atoms with Crippen molar-refractivity contribution in [3.05, 3.63) is 104 Å². The first-order valence-electron chi connectivity index (χ1n) is 17.0. The van der Waals surface area contributed by atoms with Gasteiger partial charge in [-0.05, 0) is 62.1 Å². The van der Waals surface area contributed by atoms with E-state index in [0.717, 1.165) is 42.8 Å². The van der Waals surface area contributed by atoms with E-state index in [4.69, 9.17) is 49.0 Å². The van der Waals surface area contributed by atoms with E-state index >= 15 is 0 Å². The van der Waals surface area contributed by atoms with Gasteiger partial charge in [-0.3, -0.25) is 4.98 Å². The lowest BCUT2D eigenvalue weighted by Gasteiger charge is -2.27. The number of hydrogen-bond acceptors (Lipinski definition) is 10. The van der Waals surface area contributed by atoms with E-state index in [0.29, 0.717) is 67.5 Å². The minimum Gasteiger partial charge on any atom is -0.493 e. The highest BCUT2D eigenvalue weighted by Crippen LogP contribution is 2.42. The Morgan fingerprint density at radius 3 is 2.48 bits per heavy atom. The van der Waals surface area contributed by atoms with E-state index < -0.39 is 5.54 Å². The van der Waals surface area contributed by atoms with Gasteiger partial charge in [-0.2, -0.15) is 5.26 Å². The lowest BCUT2D eigenvalue weighted by atomic mass is 9.98. The standard InChI is InChI=1S/C39H43Cl3N4O6/c1-25-31(5-3-6-34(25)50-12-4-10-46-11-9-30(49)20-46)37-32(40)8-7-28(38(37)42)22-52-36-15-35(51-21-27-13-26(16-43)17-44-18-27)29(14-33(36)41)19-45-39(2,23-47)24-48/h3,5-8,13-15,17-18,30,45,47-49H,4,9-12,19-24H2,1-2H3/t30-/m1/s1. The smallest absolute Gasteiger partial charge is 0.142 e. The van der Waals surface area contributed by atoms with Gasteiger partial charge in [0.15, 0.2) is 0 Å². The summed E-state index contributed by atoms with van der Waals surface area (Å²) in [6.07, 6.45) is 4.51. The van der Waals surface area contributed by atoms with Gasteiger partial charge in [-0.25, -0.2) is 0 Å². The Bertz CT molecular complexity index is 1880. The van der Waals surface area contributed by atoms with Crippen molar-refractivity contribution >= 4 is 34.8 Å². The number of pyridine rings is 1. The molecule has 4 N–H and O–H groups in total. The van der Waals surface area contributed by atoms with Crippen LogP contribution in [0.4, 0.5) is 0 Å². The summed E-state index contributed by atoms with van der Waals surface area (Å²) in [4.78, 5) is 6.36. The minimum atomic E-state index is -0.935. The minimum absolute atomic E-state index is 0.0709. The van der Waals surface area contributed by atoms with Crippen molar-refractivity contribution in [2.45, 2.75) is 58.1 Å². The predicted octanol–water partition coefficient (Wildman–Crippen LogP) is 6.72. The van der Waals surface area contributed by atoms with Crippen molar-refractivity contribution in [3.63, 3.8) is 0 Å². The van der Waals surface area contributed by atoms with Crippen molar-refractivity contribution in [1.82, 2.24) is 15.2 Å². The molecule has 1 saturated heterocycles. The normalized spacial score (nSPS) is 14.7. The molecular weight excluding hydrogens is 727 g/mol. The average Bonchev–Trinajstić information content (AvgIpc) is 3.57. The SMILES string of the molecule is Cc1c(OCCCN2CC[C@@H](O)C2)cccc1-c1c(Cl)ccc(COc2cc(OCc3cncc(C#N)c3)c(CNC(C)(CO)CO)cc2Cl)c1Cl. The second kappa shape index (κ2) is 18.4. The Kier molecular flexibility index (Phi) is 14.0. The molecule has 10 nitrogen and oxygen atoms in total. The van der Waals surface area contributed by atoms with E-state index in [2.05, 4.69) is 21.3 Å². The van der Waals surface area contributed by atoms with Crippen LogP contribution in [0, 0.1) is 18.3 Å². The van der Waals surface area contributed by atoms with Crippen molar-refractivity contribution in [2.75, 3.05) is 39.5 Å². The van der Waals surface area contributed by atoms with Gasteiger partial charge in [0.2, 0.25) is 0 Å². The third-order valence-corrected chi connectivity index (χ3v) is 10.1. The van der Waals surface area contributed by atoms with Crippen molar-refractivity contribution in [3.8, 4) is 34.4 Å². The van der Waals surface area contributed by atoms with E-state index in [1.165, 1.54) is 6.20 Å². The number of ether oxygens (including phenoxy) is 3. The quantitative estimate of drug-likeness (QED) is 0.0857. The number of hydrogen-bond donors (Lipinski definition) is 4. The summed E-state index contributed by atoms with van der Waals surface area (Å²) >= 11 is 20.5. The van der Waals surface area contributed by atoms with Crippen molar-refractivity contribution in [2.24, 2.45) is 0 Å². The van der Waals surface area contributed by atoms with Crippen LogP contribution in [0.2, 0.25) is 15.1 Å². The lowest BCUT2D eigenvalue weighted by molar-refractivity contribution is 0.103. The molecule has 0 bridgehead atoms. The maximum absolute atomic E-state index is 9.79. The summed E-state index contributed by atoms with van der Waals surface area (Å²) in [6, 6.07) is 16.5. The summed E-state index contributed by atoms with van der Waals surface area (Å²) in [5.74, 6) is 1.54. The fourth-order valence-corrected chi connectivity index (χ4v) is 6.72. The largest absolute Gasteiger partial charge is 0.493 e. The van der Waals surface area contributed by atoms with Crippen LogP contribution in [0.15, 0.2) is 60.9 Å². The number of aliphatic hydroxyl groups is 3. The molecule has 0 spiro atoms. The Balaban J connectivity index is 1.33. The maximum atomic E-state index is 9.79. The van der Waals surface area contributed by atoms with Gasteiger partial charge in [-0.1, -0.05) is 53.0 Å². The maximum Gasteiger partial charge on any atom is 0.142 e. The predicted molar refractivity (Wildman–Crippen MR) is 202 cm³/mol. The zero-order valence-corrected chi connectivity index (χ0v) is 31.4. The van der Waals surface area contributed by atoms with Crippen LogP contribution in [0.3, 0.4) is 0 Å². The molecule has 0 radical (unpaired) electrons. The third-order valence-electron chi connectivity index (χ3n) is 9.07. The summed E-state index contributed by atoms with van der Waals surface area (Å²) in [5, 5.41) is 43.0. The van der Waals surface area contributed by atoms with Crippen molar-refractivity contribution < 1.29 is 29.5 Å². The second-order valence-corrected chi connectivity index (χ2v) is 14.4. The first kappa shape index (κ1) is 39.6. The number of nitrogens with zero attached hydrogens (tertiary/aromatic N) is 3. The number of halogens is 3. The average molecular weight is 770 g/mol. The van der Waals surface area contributed by atoms with Crippen LogP contribution in [0.1, 0.15) is 47.6 Å². The molecule has 0 saturated carbocycles. The lowest BCUT2D eigenvalue weighted by Crippen LogP contribution is -2.48. The van der Waals surface area contributed by atoms with Crippen LogP contribution >= 0.6 is 34.8 Å². The molecule has 0 aliphatic carbocycles. The van der Waals surface area contributed by atoms with E-state index in [9.17, 15) is 20.6 Å². The fraction of sp³-hybridized carbons (Fsp3) is 0.385. The van der Waals surface area contributed by atoms with Crippen LogP contribution in [-0.2, 0) is 19.8 Å². The van der Waals surface area contributed by atoms with E-state index in [1.807, 2.05) is 31.2 Å². The highest BCUT2D eigenvalue weighted by atomic mass is 35.5. The number of likely N-dealkylation sites (tertiary alicyclic amines) is 1. The van der Waals surface area contributed by atoms with Crippen molar-refractivity contribution in [1.29, 1.82) is 5.26 Å². The third kappa shape index (κ3) is 10.1. The molecule has 13 heteroatoms. The molecule has 52 heavy (non-hydrogen) atoms.